The molecule has 0 heterocycles. The van der Waals surface area contributed by atoms with Gasteiger partial charge in [-0.05, 0) is 109 Å². The van der Waals surface area contributed by atoms with Crippen molar-refractivity contribution in [2.45, 2.75) is 399 Å². The summed E-state index contributed by atoms with van der Waals surface area (Å²) >= 11 is 0. The van der Waals surface area contributed by atoms with Crippen molar-refractivity contribution < 1.29 is 28.6 Å². The summed E-state index contributed by atoms with van der Waals surface area (Å²) in [5.74, 6) is -0.868. The van der Waals surface area contributed by atoms with Crippen LogP contribution < -0.4 is 0 Å². The van der Waals surface area contributed by atoms with Gasteiger partial charge in [-0.15, -0.1) is 0 Å². The fraction of sp³-hybridized carbons (Fsp3) is 0.831. The van der Waals surface area contributed by atoms with Crippen LogP contribution in [-0.2, 0) is 28.6 Å². The lowest BCUT2D eigenvalue weighted by molar-refractivity contribution is -0.167. The Morgan fingerprint density at radius 1 is 0.241 bits per heavy atom. The average molecular weight is 1160 g/mol. The molecule has 83 heavy (non-hydrogen) atoms. The van der Waals surface area contributed by atoms with E-state index in [4.69, 9.17) is 14.2 Å². The van der Waals surface area contributed by atoms with E-state index in [2.05, 4.69) is 81.5 Å². The SMILES string of the molecule is CCCCC/C=C\C/C=C\CCCCCCCC(=O)OCC(COC(=O)CCCCCCCCCCCCCCCCCCC/C=C\C/C=C\CCCCCCC)OC(=O)CCCCCCCCCCC/C=C\CCCCCCCCCC. The van der Waals surface area contributed by atoms with Gasteiger partial charge in [0.15, 0.2) is 6.10 Å². The van der Waals surface area contributed by atoms with Gasteiger partial charge in [-0.2, -0.15) is 0 Å². The van der Waals surface area contributed by atoms with Crippen LogP contribution >= 0.6 is 0 Å². The van der Waals surface area contributed by atoms with Crippen LogP contribution in [0.4, 0.5) is 0 Å². The van der Waals surface area contributed by atoms with E-state index in [1.54, 1.807) is 0 Å². The first-order valence-corrected chi connectivity index (χ1v) is 36.8. The van der Waals surface area contributed by atoms with Crippen LogP contribution in [0.3, 0.4) is 0 Å². The molecule has 1 unspecified atom stereocenters. The molecule has 0 aromatic heterocycles. The molecule has 1 atom stereocenters. The predicted octanol–water partition coefficient (Wildman–Crippen LogP) is 25.5. The normalized spacial score (nSPS) is 12.4. The topological polar surface area (TPSA) is 78.9 Å². The van der Waals surface area contributed by atoms with Crippen LogP contribution in [0.25, 0.3) is 0 Å². The molecule has 0 rings (SSSR count). The second-order valence-corrected chi connectivity index (χ2v) is 24.8. The van der Waals surface area contributed by atoms with Crippen LogP contribution in [0.2, 0.25) is 0 Å². The van der Waals surface area contributed by atoms with Crippen LogP contribution in [0, 0.1) is 0 Å². The van der Waals surface area contributed by atoms with E-state index in [-0.39, 0.29) is 31.1 Å². The van der Waals surface area contributed by atoms with Gasteiger partial charge in [-0.3, -0.25) is 14.4 Å². The first-order chi connectivity index (χ1) is 41.0. The fourth-order valence-corrected chi connectivity index (χ4v) is 10.9. The molecule has 0 aliphatic rings. The lowest BCUT2D eigenvalue weighted by atomic mass is 10.0. The summed E-state index contributed by atoms with van der Waals surface area (Å²) < 4.78 is 17.0. The molecular formula is C77H140O6. The number of hydrogen-bond acceptors (Lipinski definition) is 6. The molecule has 0 spiro atoms. The summed E-state index contributed by atoms with van der Waals surface area (Å²) in [7, 11) is 0. The average Bonchev–Trinajstić information content (AvgIpc) is 3.49. The Labute approximate surface area is 517 Å². The molecule has 484 valence electrons. The fourth-order valence-electron chi connectivity index (χ4n) is 10.9. The number of carbonyl (C=O) groups excluding carboxylic acids is 3. The number of unbranched alkanes of at least 4 members (excludes halogenated alkanes) is 47. The third kappa shape index (κ3) is 69.8. The molecular weight excluding hydrogens is 1020 g/mol. The lowest BCUT2D eigenvalue weighted by Gasteiger charge is -2.18. The van der Waals surface area contributed by atoms with Crippen molar-refractivity contribution >= 4 is 17.9 Å². The second kappa shape index (κ2) is 71.6. The number of hydrogen-bond donors (Lipinski definition) is 0. The minimum atomic E-state index is -0.782. The summed E-state index contributed by atoms with van der Waals surface area (Å²) in [4.78, 5) is 38.5. The summed E-state index contributed by atoms with van der Waals surface area (Å²) in [6.45, 7) is 6.65. The van der Waals surface area contributed by atoms with E-state index in [0.29, 0.717) is 19.3 Å². The Kier molecular flexibility index (Phi) is 69.1. The third-order valence-corrected chi connectivity index (χ3v) is 16.5. The van der Waals surface area contributed by atoms with Crippen molar-refractivity contribution in [2.24, 2.45) is 0 Å². The number of rotatable bonds is 68. The molecule has 0 fully saturated rings. The summed E-state index contributed by atoms with van der Waals surface area (Å²) in [6.07, 6.45) is 92.6. The maximum Gasteiger partial charge on any atom is 0.306 e. The van der Waals surface area contributed by atoms with Gasteiger partial charge in [0, 0.05) is 19.3 Å². The van der Waals surface area contributed by atoms with Gasteiger partial charge >= 0.3 is 17.9 Å². The summed E-state index contributed by atoms with van der Waals surface area (Å²) in [6, 6.07) is 0. The first kappa shape index (κ1) is 80.1. The molecule has 0 N–H and O–H groups in total. The van der Waals surface area contributed by atoms with Crippen molar-refractivity contribution in [3.8, 4) is 0 Å². The highest BCUT2D eigenvalue weighted by molar-refractivity contribution is 5.71. The number of carbonyl (C=O) groups is 3. The molecule has 6 heteroatoms. The zero-order valence-corrected chi connectivity index (χ0v) is 55.7. The molecule has 0 bridgehead atoms. The number of ether oxygens (including phenoxy) is 3. The van der Waals surface area contributed by atoms with Crippen LogP contribution in [0.5, 0.6) is 0 Å². The Hall–Kier alpha value is -2.89. The Bertz CT molecular complexity index is 1470. The van der Waals surface area contributed by atoms with Crippen molar-refractivity contribution in [3.05, 3.63) is 60.8 Å². The van der Waals surface area contributed by atoms with Crippen molar-refractivity contribution in [3.63, 3.8) is 0 Å². The standard InChI is InChI=1S/C77H140O6/c1-4-7-10-13-16-19-22-25-28-30-32-34-35-36-37-38-39-40-41-43-44-46-49-52-55-58-61-64-67-70-76(79)82-73-74(72-81-75(78)69-66-63-60-57-54-51-48-27-24-21-18-15-12-9-6-3)83-77(80)71-68-65-62-59-56-53-50-47-45-42-33-31-29-26-23-20-17-14-11-8-5-2/h18,21-22,25,27,30-33,48,74H,4-17,19-20,23-24,26,28-29,34-47,49-73H2,1-3H3/b21-18-,25-22-,32-30-,33-31-,48-27-. The van der Waals surface area contributed by atoms with Gasteiger partial charge in [-0.1, -0.05) is 326 Å². The molecule has 0 amide bonds. The molecule has 0 aliphatic carbocycles. The molecule has 0 aromatic rings. The van der Waals surface area contributed by atoms with E-state index in [1.165, 1.54) is 270 Å². The summed E-state index contributed by atoms with van der Waals surface area (Å²) in [5, 5.41) is 0. The van der Waals surface area contributed by atoms with Gasteiger partial charge in [-0.25, -0.2) is 0 Å². The molecule has 0 saturated carbocycles. The summed E-state index contributed by atoms with van der Waals surface area (Å²) in [5.41, 5.74) is 0. The minimum Gasteiger partial charge on any atom is -0.462 e. The van der Waals surface area contributed by atoms with Gasteiger partial charge < -0.3 is 14.2 Å². The van der Waals surface area contributed by atoms with Crippen molar-refractivity contribution in [1.82, 2.24) is 0 Å². The zero-order chi connectivity index (χ0) is 59.9. The first-order valence-electron chi connectivity index (χ1n) is 36.8. The Morgan fingerprint density at radius 3 is 0.699 bits per heavy atom. The molecule has 0 radical (unpaired) electrons. The van der Waals surface area contributed by atoms with E-state index in [0.717, 1.165) is 83.5 Å². The molecule has 0 saturated heterocycles. The predicted molar refractivity (Wildman–Crippen MR) is 362 cm³/mol. The van der Waals surface area contributed by atoms with Gasteiger partial charge in [0.25, 0.3) is 0 Å². The number of esters is 3. The third-order valence-electron chi connectivity index (χ3n) is 16.5. The lowest BCUT2D eigenvalue weighted by Crippen LogP contribution is -2.30. The monoisotopic (exact) mass is 1160 g/mol. The zero-order valence-electron chi connectivity index (χ0n) is 55.7. The van der Waals surface area contributed by atoms with Crippen LogP contribution in [-0.4, -0.2) is 37.2 Å². The molecule has 0 aliphatic heterocycles. The molecule has 6 nitrogen and oxygen atoms in total. The number of allylic oxidation sites excluding steroid dienone is 10. The van der Waals surface area contributed by atoms with Crippen molar-refractivity contribution in [2.75, 3.05) is 13.2 Å². The largest absolute Gasteiger partial charge is 0.462 e. The highest BCUT2D eigenvalue weighted by atomic mass is 16.6. The Balaban J connectivity index is 4.25. The van der Waals surface area contributed by atoms with E-state index in [1.807, 2.05) is 0 Å². The second-order valence-electron chi connectivity index (χ2n) is 24.8. The Morgan fingerprint density at radius 2 is 0.434 bits per heavy atom. The van der Waals surface area contributed by atoms with E-state index < -0.39 is 6.10 Å². The minimum absolute atomic E-state index is 0.0760. The smallest absolute Gasteiger partial charge is 0.306 e. The van der Waals surface area contributed by atoms with Crippen LogP contribution in [0.15, 0.2) is 60.8 Å². The van der Waals surface area contributed by atoms with Gasteiger partial charge in [0.05, 0.1) is 0 Å². The quantitative estimate of drug-likeness (QED) is 0.0261. The van der Waals surface area contributed by atoms with Crippen LogP contribution in [0.1, 0.15) is 393 Å². The maximum absolute atomic E-state index is 13.0. The highest BCUT2D eigenvalue weighted by Gasteiger charge is 2.19. The van der Waals surface area contributed by atoms with Crippen molar-refractivity contribution in [1.29, 1.82) is 0 Å². The van der Waals surface area contributed by atoms with E-state index in [9.17, 15) is 14.4 Å². The van der Waals surface area contributed by atoms with Gasteiger partial charge in [0.1, 0.15) is 13.2 Å². The van der Waals surface area contributed by atoms with E-state index >= 15 is 0 Å². The van der Waals surface area contributed by atoms with Gasteiger partial charge in [0.2, 0.25) is 0 Å². The maximum atomic E-state index is 13.0. The molecule has 0 aromatic carbocycles. The highest BCUT2D eigenvalue weighted by Crippen LogP contribution is 2.18.